The molecule has 0 atom stereocenters. The van der Waals surface area contributed by atoms with Crippen molar-refractivity contribution in [3.63, 3.8) is 0 Å². The van der Waals surface area contributed by atoms with E-state index < -0.39 is 17.8 Å². The molecule has 9 heteroatoms. The quantitative estimate of drug-likeness (QED) is 0.250. The largest absolute Gasteiger partial charge is 0.433 e. The smallest absolute Gasteiger partial charge is 0.426 e. The van der Waals surface area contributed by atoms with Crippen LogP contribution in [0.15, 0.2) is 60.0 Å². The number of nitrogens with zero attached hydrogens (tertiary/aromatic N) is 3. The number of carbonyl (C=O) groups excluding carboxylic acids is 1. The van der Waals surface area contributed by atoms with E-state index in [4.69, 9.17) is 4.74 Å². The molecular weight excluding hydrogens is 451 g/mol. The molecule has 4 rings (SSSR count). The zero-order chi connectivity index (χ0) is 23.6. The molecule has 0 aliphatic carbocycles. The minimum Gasteiger partial charge on any atom is -0.426 e. The summed E-state index contributed by atoms with van der Waals surface area (Å²) in [6.07, 6.45) is -1.64. The molecule has 4 aromatic rings. The first kappa shape index (κ1) is 22.5. The highest BCUT2D eigenvalue weighted by molar-refractivity contribution is 7.12. The topological polar surface area (TPSA) is 57.0 Å². The van der Waals surface area contributed by atoms with Crippen molar-refractivity contribution < 1.29 is 22.7 Å². The molecule has 168 valence electrons. The molecule has 0 amide bonds. The second kappa shape index (κ2) is 9.03. The van der Waals surface area contributed by atoms with E-state index in [0.717, 1.165) is 33.2 Å². The summed E-state index contributed by atoms with van der Waals surface area (Å²) in [4.78, 5) is 15.7. The van der Waals surface area contributed by atoms with Gasteiger partial charge >= 0.3 is 12.1 Å². The molecule has 5 nitrogen and oxygen atoms in total. The van der Waals surface area contributed by atoms with Crippen LogP contribution in [0.5, 0.6) is 5.75 Å². The fourth-order valence-electron chi connectivity index (χ4n) is 3.09. The van der Waals surface area contributed by atoms with Gasteiger partial charge in [-0.25, -0.2) is 9.67 Å². The number of rotatable bonds is 5. The predicted octanol–water partition coefficient (Wildman–Crippen LogP) is 6.42. The monoisotopic (exact) mass is 469 g/mol. The molecule has 0 saturated carbocycles. The Kier molecular flexibility index (Phi) is 6.15. The third-order valence-corrected chi connectivity index (χ3v) is 5.46. The van der Waals surface area contributed by atoms with Crippen molar-refractivity contribution in [2.75, 3.05) is 0 Å². The Bertz CT molecular complexity index is 1320. The van der Waals surface area contributed by atoms with Crippen LogP contribution in [0.25, 0.3) is 28.5 Å². The highest BCUT2D eigenvalue weighted by atomic mass is 32.1. The second-order valence-electron chi connectivity index (χ2n) is 7.21. The van der Waals surface area contributed by atoms with Crippen LogP contribution in [0.3, 0.4) is 0 Å². The van der Waals surface area contributed by atoms with Crippen molar-refractivity contribution in [1.29, 1.82) is 0 Å². The van der Waals surface area contributed by atoms with Crippen molar-refractivity contribution in [3.8, 4) is 22.1 Å². The van der Waals surface area contributed by atoms with Crippen LogP contribution in [0.1, 0.15) is 29.4 Å². The molecule has 33 heavy (non-hydrogen) atoms. The number of ether oxygens (including phenoxy) is 1. The zero-order valence-electron chi connectivity index (χ0n) is 17.6. The first-order chi connectivity index (χ1) is 15.7. The summed E-state index contributed by atoms with van der Waals surface area (Å²) < 4.78 is 47.1. The van der Waals surface area contributed by atoms with Crippen molar-refractivity contribution in [2.45, 2.75) is 20.0 Å². The number of esters is 1. The predicted molar refractivity (Wildman–Crippen MR) is 121 cm³/mol. The molecule has 0 aliphatic heterocycles. The van der Waals surface area contributed by atoms with Crippen LogP contribution in [0.4, 0.5) is 13.2 Å². The van der Waals surface area contributed by atoms with Gasteiger partial charge in [-0.15, -0.1) is 11.3 Å². The second-order valence-corrected chi connectivity index (χ2v) is 8.05. The number of benzene rings is 2. The number of halogens is 3. The van der Waals surface area contributed by atoms with Crippen molar-refractivity contribution in [1.82, 2.24) is 14.8 Å². The van der Waals surface area contributed by atoms with E-state index in [0.29, 0.717) is 17.0 Å². The lowest BCUT2D eigenvalue weighted by atomic mass is 10.1. The van der Waals surface area contributed by atoms with Gasteiger partial charge in [-0.05, 0) is 31.2 Å². The number of para-hydroxylation sites is 1. The Hall–Kier alpha value is -3.72. The summed E-state index contributed by atoms with van der Waals surface area (Å²) in [6, 6.07) is 15.2. The lowest BCUT2D eigenvalue weighted by molar-refractivity contribution is -0.142. The van der Waals surface area contributed by atoms with E-state index in [1.807, 2.05) is 31.2 Å². The Morgan fingerprint density at radius 3 is 2.52 bits per heavy atom. The summed E-state index contributed by atoms with van der Waals surface area (Å²) >= 11 is 1.08. The highest BCUT2D eigenvalue weighted by Crippen LogP contribution is 2.34. The minimum absolute atomic E-state index is 0.0899. The molecule has 0 spiro atoms. The Morgan fingerprint density at radius 1 is 1.09 bits per heavy atom. The lowest BCUT2D eigenvalue weighted by Crippen LogP contribution is -2.13. The minimum atomic E-state index is -4.62. The molecular formula is C24H18F3N3O2S. The van der Waals surface area contributed by atoms with Crippen LogP contribution in [0, 0.1) is 6.92 Å². The van der Waals surface area contributed by atoms with Gasteiger partial charge in [0.25, 0.3) is 0 Å². The number of hydrogen-bond acceptors (Lipinski definition) is 5. The standard InChI is InChI=1S/C24H18F3N3O2S/c1-15-7-9-17(10-8-15)20-14-33-23(28-20)30-22(24(25,26)27)13-19(29-30)12-11-18-5-3-4-6-21(18)32-16(2)31/h3-14H,1-2H3. The molecule has 0 radical (unpaired) electrons. The fraction of sp³-hybridized carbons (Fsp3) is 0.125. The number of aryl methyl sites for hydroxylation is 1. The van der Waals surface area contributed by atoms with Gasteiger partial charge in [0.15, 0.2) is 5.69 Å². The molecule has 2 aromatic heterocycles. The summed E-state index contributed by atoms with van der Waals surface area (Å²) in [5, 5.41) is 5.93. The SMILES string of the molecule is CC(=O)Oc1ccccc1C=Cc1cc(C(F)(F)F)n(-c2nc(-c3ccc(C)cc3)cs2)n1. The van der Waals surface area contributed by atoms with Crippen LogP contribution < -0.4 is 4.74 Å². The number of thiazole rings is 1. The van der Waals surface area contributed by atoms with Gasteiger partial charge in [-0.2, -0.15) is 18.3 Å². The third kappa shape index (κ3) is 5.20. The van der Waals surface area contributed by atoms with E-state index in [2.05, 4.69) is 10.1 Å². The van der Waals surface area contributed by atoms with E-state index in [1.54, 1.807) is 35.7 Å². The van der Waals surface area contributed by atoms with Gasteiger partial charge in [-0.3, -0.25) is 4.79 Å². The fourth-order valence-corrected chi connectivity index (χ4v) is 3.88. The van der Waals surface area contributed by atoms with E-state index in [-0.39, 0.29) is 10.8 Å². The molecule has 0 aliphatic rings. The van der Waals surface area contributed by atoms with E-state index in [9.17, 15) is 18.0 Å². The molecule has 0 bridgehead atoms. The molecule has 0 unspecified atom stereocenters. The van der Waals surface area contributed by atoms with Crippen LogP contribution in [-0.4, -0.2) is 20.7 Å². The zero-order valence-corrected chi connectivity index (χ0v) is 18.4. The number of alkyl halides is 3. The maximum atomic E-state index is 13.7. The first-order valence-corrected chi connectivity index (χ1v) is 10.7. The molecule has 0 saturated heterocycles. The average molecular weight is 469 g/mol. The summed E-state index contributed by atoms with van der Waals surface area (Å²) in [5.41, 5.74) is 2.16. The molecule has 2 heterocycles. The van der Waals surface area contributed by atoms with E-state index >= 15 is 0 Å². The Morgan fingerprint density at radius 2 is 1.82 bits per heavy atom. The Labute approximate surface area is 191 Å². The van der Waals surface area contributed by atoms with Gasteiger partial charge in [0, 0.05) is 23.4 Å². The van der Waals surface area contributed by atoms with Crippen LogP contribution >= 0.6 is 11.3 Å². The number of carbonyl (C=O) groups is 1. The third-order valence-electron chi connectivity index (χ3n) is 4.65. The number of hydrogen-bond donors (Lipinski definition) is 0. The van der Waals surface area contributed by atoms with Crippen molar-refractivity contribution in [2.24, 2.45) is 0 Å². The summed E-state index contributed by atoms with van der Waals surface area (Å²) in [7, 11) is 0. The first-order valence-electron chi connectivity index (χ1n) is 9.86. The maximum Gasteiger partial charge on any atom is 0.433 e. The molecule has 2 aromatic carbocycles. The van der Waals surface area contributed by atoms with Gasteiger partial charge < -0.3 is 4.74 Å². The highest BCUT2D eigenvalue weighted by Gasteiger charge is 2.36. The normalized spacial score (nSPS) is 11.8. The molecule has 0 fully saturated rings. The van der Waals surface area contributed by atoms with Crippen molar-refractivity contribution >= 4 is 29.5 Å². The van der Waals surface area contributed by atoms with Crippen LogP contribution in [0.2, 0.25) is 0 Å². The van der Waals surface area contributed by atoms with Gasteiger partial charge in [0.05, 0.1) is 11.4 Å². The van der Waals surface area contributed by atoms with E-state index in [1.165, 1.54) is 13.0 Å². The Balaban J connectivity index is 1.69. The molecule has 0 N–H and O–H groups in total. The average Bonchev–Trinajstić information content (AvgIpc) is 3.40. The summed E-state index contributed by atoms with van der Waals surface area (Å²) in [6.45, 7) is 3.23. The lowest BCUT2D eigenvalue weighted by Gasteiger charge is -2.07. The van der Waals surface area contributed by atoms with Crippen LogP contribution in [-0.2, 0) is 11.0 Å². The van der Waals surface area contributed by atoms with Crippen molar-refractivity contribution in [3.05, 3.63) is 82.5 Å². The van der Waals surface area contributed by atoms with Gasteiger partial charge in [0.1, 0.15) is 5.75 Å². The van der Waals surface area contributed by atoms with Gasteiger partial charge in [-0.1, -0.05) is 48.0 Å². The van der Waals surface area contributed by atoms with Gasteiger partial charge in [0.2, 0.25) is 5.13 Å². The summed E-state index contributed by atoms with van der Waals surface area (Å²) in [5.74, 6) is -0.188. The maximum absolute atomic E-state index is 13.7. The number of aromatic nitrogens is 3.